The third-order valence-electron chi connectivity index (χ3n) is 4.15. The fraction of sp³-hybridized carbons (Fsp3) is 0.692. The van der Waals surface area contributed by atoms with Crippen molar-refractivity contribution in [2.24, 2.45) is 21.7 Å². The molecule has 0 unspecified atom stereocenters. The van der Waals surface area contributed by atoms with Crippen LogP contribution in [0.4, 0.5) is 4.79 Å². The van der Waals surface area contributed by atoms with Crippen LogP contribution >= 0.6 is 0 Å². The summed E-state index contributed by atoms with van der Waals surface area (Å²) in [6.07, 6.45) is 1.05. The maximum atomic E-state index is 10.7. The normalized spacial score (nSPS) is 22.8. The number of nitrogens with two attached hydrogens (primary N) is 1. The van der Waals surface area contributed by atoms with Crippen molar-refractivity contribution in [2.75, 3.05) is 0 Å². The lowest BCUT2D eigenvalue weighted by Crippen LogP contribution is -2.32. The number of carbonyl (C=O) groups excluding carboxylic acids is 1. The van der Waals surface area contributed by atoms with E-state index < -0.39 is 6.03 Å². The predicted octanol–water partition coefficient (Wildman–Crippen LogP) is 2.80. The van der Waals surface area contributed by atoms with Crippen LogP contribution in [0.5, 0.6) is 0 Å². The summed E-state index contributed by atoms with van der Waals surface area (Å²) < 4.78 is 0. The van der Waals surface area contributed by atoms with Crippen LogP contribution in [0.3, 0.4) is 0 Å². The average Bonchev–Trinajstić information content (AvgIpc) is 2.28. The van der Waals surface area contributed by atoms with Gasteiger partial charge in [-0.3, -0.25) is 0 Å². The Hall–Kier alpha value is -1.32. The van der Waals surface area contributed by atoms with Gasteiger partial charge in [0, 0.05) is 0 Å². The number of urea groups is 1. The lowest BCUT2D eigenvalue weighted by molar-refractivity contribution is 0.183. The molecule has 0 saturated carbocycles. The molecule has 4 heteroatoms. The number of nitrogens with one attached hydrogen (secondary N) is 1. The molecule has 0 aromatic rings. The third-order valence-corrected chi connectivity index (χ3v) is 4.15. The summed E-state index contributed by atoms with van der Waals surface area (Å²) in [5.41, 5.74) is 11.0. The molecular weight excluding hydrogens is 214 g/mol. The number of primary amides is 1. The molecule has 0 radical (unpaired) electrons. The van der Waals surface area contributed by atoms with Gasteiger partial charge in [-0.05, 0) is 36.7 Å². The van der Waals surface area contributed by atoms with E-state index >= 15 is 0 Å². The molecule has 4 nitrogen and oxygen atoms in total. The zero-order valence-corrected chi connectivity index (χ0v) is 11.6. The zero-order chi connectivity index (χ0) is 13.4. The minimum absolute atomic E-state index is 0.0456. The quantitative estimate of drug-likeness (QED) is 0.563. The van der Waals surface area contributed by atoms with Gasteiger partial charge in [0.15, 0.2) is 0 Å². The molecule has 0 spiro atoms. The Kier molecular flexibility index (Phi) is 3.37. The van der Waals surface area contributed by atoms with Gasteiger partial charge in [0.2, 0.25) is 0 Å². The molecule has 0 heterocycles. The highest BCUT2D eigenvalue weighted by molar-refractivity contribution is 6.01. The highest BCUT2D eigenvalue weighted by atomic mass is 16.2. The molecule has 0 saturated heterocycles. The second kappa shape index (κ2) is 4.17. The van der Waals surface area contributed by atoms with Gasteiger partial charge >= 0.3 is 6.03 Å². The van der Waals surface area contributed by atoms with Crippen molar-refractivity contribution in [2.45, 2.75) is 48.0 Å². The van der Waals surface area contributed by atoms with Crippen LogP contribution in [0.25, 0.3) is 0 Å². The lowest BCUT2D eigenvalue weighted by atomic mass is 9.67. The second-order valence-corrected chi connectivity index (χ2v) is 6.01. The van der Waals surface area contributed by atoms with Gasteiger partial charge in [-0.1, -0.05) is 33.3 Å². The van der Waals surface area contributed by atoms with E-state index in [9.17, 15) is 4.79 Å². The maximum absolute atomic E-state index is 10.7. The number of rotatable bonds is 2. The molecule has 0 aromatic carbocycles. The predicted molar refractivity (Wildman–Crippen MR) is 70.7 cm³/mol. The van der Waals surface area contributed by atoms with E-state index in [1.54, 1.807) is 0 Å². The molecule has 96 valence electrons. The SMILES string of the molecule is CC1=C(/C(C)=N\NC(N)=O)C(C)(C)C(C)(C)C1. The maximum Gasteiger partial charge on any atom is 0.332 e. The molecule has 1 aliphatic carbocycles. The fourth-order valence-corrected chi connectivity index (χ4v) is 2.80. The van der Waals surface area contributed by atoms with E-state index in [0.29, 0.717) is 0 Å². The van der Waals surface area contributed by atoms with Crippen LogP contribution in [0, 0.1) is 10.8 Å². The molecule has 1 rings (SSSR count). The summed E-state index contributed by atoms with van der Waals surface area (Å²) >= 11 is 0. The van der Waals surface area contributed by atoms with Crippen LogP contribution in [-0.4, -0.2) is 11.7 Å². The number of hydrogen-bond acceptors (Lipinski definition) is 2. The average molecular weight is 237 g/mol. The van der Waals surface area contributed by atoms with E-state index in [2.05, 4.69) is 45.1 Å². The van der Waals surface area contributed by atoms with Crippen molar-refractivity contribution in [3.63, 3.8) is 0 Å². The summed E-state index contributed by atoms with van der Waals surface area (Å²) in [5.74, 6) is 0. The molecule has 0 atom stereocenters. The summed E-state index contributed by atoms with van der Waals surface area (Å²) in [5, 5.41) is 4.05. The number of hydrazone groups is 1. The summed E-state index contributed by atoms with van der Waals surface area (Å²) in [6.45, 7) is 13.0. The van der Waals surface area contributed by atoms with Crippen molar-refractivity contribution in [1.29, 1.82) is 0 Å². The van der Waals surface area contributed by atoms with Crippen LogP contribution in [0.1, 0.15) is 48.0 Å². The van der Waals surface area contributed by atoms with Gasteiger partial charge in [-0.15, -0.1) is 0 Å². The van der Waals surface area contributed by atoms with Crippen molar-refractivity contribution >= 4 is 11.7 Å². The molecular formula is C13H23N3O. The Morgan fingerprint density at radius 3 is 2.24 bits per heavy atom. The molecule has 0 bridgehead atoms. The van der Waals surface area contributed by atoms with Gasteiger partial charge in [0.25, 0.3) is 0 Å². The number of allylic oxidation sites excluding steroid dienone is 2. The van der Waals surface area contributed by atoms with Crippen molar-refractivity contribution in [1.82, 2.24) is 5.43 Å². The highest BCUT2D eigenvalue weighted by Gasteiger charge is 2.46. The van der Waals surface area contributed by atoms with E-state index in [0.717, 1.165) is 12.1 Å². The first-order valence-corrected chi connectivity index (χ1v) is 5.90. The van der Waals surface area contributed by atoms with Crippen LogP contribution in [0.15, 0.2) is 16.2 Å². The summed E-state index contributed by atoms with van der Waals surface area (Å²) in [7, 11) is 0. The van der Waals surface area contributed by atoms with E-state index in [1.807, 2.05) is 6.92 Å². The van der Waals surface area contributed by atoms with Crippen molar-refractivity contribution in [3.8, 4) is 0 Å². The number of hydrogen-bond donors (Lipinski definition) is 2. The van der Waals surface area contributed by atoms with Gasteiger partial charge in [0.1, 0.15) is 0 Å². The van der Waals surface area contributed by atoms with Gasteiger partial charge < -0.3 is 5.73 Å². The monoisotopic (exact) mass is 237 g/mol. The van der Waals surface area contributed by atoms with Crippen molar-refractivity contribution in [3.05, 3.63) is 11.1 Å². The second-order valence-electron chi connectivity index (χ2n) is 6.01. The van der Waals surface area contributed by atoms with E-state index in [4.69, 9.17) is 5.73 Å². The minimum atomic E-state index is -0.627. The fourth-order valence-electron chi connectivity index (χ4n) is 2.80. The Bertz CT molecular complexity index is 403. The molecule has 2 amide bonds. The Morgan fingerprint density at radius 2 is 1.88 bits per heavy atom. The van der Waals surface area contributed by atoms with Crippen LogP contribution in [-0.2, 0) is 0 Å². The van der Waals surface area contributed by atoms with E-state index in [1.165, 1.54) is 11.1 Å². The Labute approximate surface area is 103 Å². The first kappa shape index (κ1) is 13.7. The van der Waals surface area contributed by atoms with E-state index in [-0.39, 0.29) is 10.8 Å². The Balaban J connectivity index is 3.09. The topological polar surface area (TPSA) is 67.5 Å². The molecule has 3 N–H and O–H groups in total. The first-order chi connectivity index (χ1) is 7.59. The molecule has 0 fully saturated rings. The number of nitrogens with zero attached hydrogens (tertiary/aromatic N) is 1. The Morgan fingerprint density at radius 1 is 1.35 bits per heavy atom. The zero-order valence-electron chi connectivity index (χ0n) is 11.6. The third kappa shape index (κ3) is 2.35. The summed E-state index contributed by atoms with van der Waals surface area (Å²) in [6, 6.07) is -0.627. The standard InChI is InChI=1S/C13H23N3O/c1-8-7-12(3,4)13(5,6)10(8)9(2)15-16-11(14)17/h7H2,1-6H3,(H3,14,16,17)/b15-9-. The smallest absolute Gasteiger partial charge is 0.332 e. The largest absolute Gasteiger partial charge is 0.350 e. The molecule has 17 heavy (non-hydrogen) atoms. The molecule has 0 aromatic heterocycles. The van der Waals surface area contributed by atoms with Crippen LogP contribution in [0.2, 0.25) is 0 Å². The number of amides is 2. The van der Waals surface area contributed by atoms with Gasteiger partial charge in [-0.25, -0.2) is 10.2 Å². The van der Waals surface area contributed by atoms with Crippen LogP contribution < -0.4 is 11.2 Å². The van der Waals surface area contributed by atoms with Crippen molar-refractivity contribution < 1.29 is 4.79 Å². The molecule has 1 aliphatic rings. The first-order valence-electron chi connectivity index (χ1n) is 5.90. The minimum Gasteiger partial charge on any atom is -0.350 e. The van der Waals surface area contributed by atoms with Gasteiger partial charge in [-0.2, -0.15) is 5.10 Å². The summed E-state index contributed by atoms with van der Waals surface area (Å²) in [4.78, 5) is 10.7. The van der Waals surface area contributed by atoms with Gasteiger partial charge in [0.05, 0.1) is 5.71 Å². The highest BCUT2D eigenvalue weighted by Crippen LogP contribution is 2.55. The molecule has 0 aliphatic heterocycles. The lowest BCUT2D eigenvalue weighted by Gasteiger charge is -2.37. The number of carbonyl (C=O) groups is 1.